The Balaban J connectivity index is 1.44. The monoisotopic (exact) mass is 491 g/mol. The number of hydrogen-bond acceptors (Lipinski definition) is 10. The van der Waals surface area contributed by atoms with Crippen LogP contribution in [0.3, 0.4) is 0 Å². The molecule has 0 spiro atoms. The smallest absolute Gasteiger partial charge is 0.323 e. The molecule has 1 aliphatic carbocycles. The fraction of sp³-hybridized carbons (Fsp3) is 0.619. The summed E-state index contributed by atoms with van der Waals surface area (Å²) in [6, 6.07) is -0.400. The van der Waals surface area contributed by atoms with Gasteiger partial charge in [0.25, 0.3) is 7.52 Å². The molecule has 1 saturated heterocycles. The molecule has 2 aliphatic rings. The van der Waals surface area contributed by atoms with Gasteiger partial charge in [0.05, 0.1) is 31.6 Å². The van der Waals surface area contributed by atoms with Crippen molar-refractivity contribution in [3.05, 3.63) is 6.33 Å². The van der Waals surface area contributed by atoms with Crippen LogP contribution in [0.5, 0.6) is 0 Å². The van der Waals surface area contributed by atoms with Gasteiger partial charge in [-0.1, -0.05) is 5.92 Å². The number of nitrogens with zero attached hydrogens (tertiary/aromatic N) is 4. The van der Waals surface area contributed by atoms with Crippen molar-refractivity contribution in [2.45, 2.75) is 57.5 Å². The SMILES string of the molecule is C#C[C@H]1C[C@@H](COP(C)(=O)N[C@H](C)C(=O)OCC)O[C@H]1n1cnc2c(NC3CC3)nc(N)nc21. The molecule has 4 N–H and O–H groups in total. The summed E-state index contributed by atoms with van der Waals surface area (Å²) in [5.41, 5.74) is 7.06. The van der Waals surface area contributed by atoms with Gasteiger partial charge in [0.2, 0.25) is 5.95 Å². The topological polar surface area (TPSA) is 156 Å². The van der Waals surface area contributed by atoms with Crippen LogP contribution in [-0.4, -0.2) is 63.6 Å². The average molecular weight is 491 g/mol. The van der Waals surface area contributed by atoms with E-state index in [-0.39, 0.29) is 25.1 Å². The van der Waals surface area contributed by atoms with Gasteiger partial charge in [0.15, 0.2) is 23.2 Å². The van der Waals surface area contributed by atoms with Crippen LogP contribution in [0.2, 0.25) is 0 Å². The zero-order valence-corrected chi connectivity index (χ0v) is 20.3. The minimum atomic E-state index is -3.29. The van der Waals surface area contributed by atoms with Crippen LogP contribution in [0, 0.1) is 18.3 Å². The number of imidazole rings is 1. The normalized spacial score (nSPS) is 24.9. The maximum atomic E-state index is 12.8. The summed E-state index contributed by atoms with van der Waals surface area (Å²) in [6.45, 7) is 4.95. The summed E-state index contributed by atoms with van der Waals surface area (Å²) in [7, 11) is -3.29. The van der Waals surface area contributed by atoms with Gasteiger partial charge >= 0.3 is 5.97 Å². The summed E-state index contributed by atoms with van der Waals surface area (Å²) in [5.74, 6) is 2.69. The number of nitrogens with one attached hydrogen (secondary N) is 2. The van der Waals surface area contributed by atoms with Crippen molar-refractivity contribution in [1.82, 2.24) is 24.6 Å². The lowest BCUT2D eigenvalue weighted by Crippen LogP contribution is -2.34. The molecule has 2 fully saturated rings. The highest BCUT2D eigenvalue weighted by Crippen LogP contribution is 2.42. The Kier molecular flexibility index (Phi) is 7.09. The number of aromatic nitrogens is 4. The molecule has 1 aliphatic heterocycles. The summed E-state index contributed by atoms with van der Waals surface area (Å²) < 4.78 is 31.3. The molecule has 3 heterocycles. The summed E-state index contributed by atoms with van der Waals surface area (Å²) in [5, 5.41) is 6.02. The maximum absolute atomic E-state index is 12.8. The van der Waals surface area contributed by atoms with Gasteiger partial charge in [-0.3, -0.25) is 13.9 Å². The molecule has 5 atom stereocenters. The minimum Gasteiger partial charge on any atom is -0.465 e. The van der Waals surface area contributed by atoms with Gasteiger partial charge in [0.1, 0.15) is 6.04 Å². The molecule has 1 unspecified atom stereocenters. The number of nitrogen functional groups attached to an aromatic ring is 1. The van der Waals surface area contributed by atoms with Crippen molar-refractivity contribution >= 4 is 36.4 Å². The van der Waals surface area contributed by atoms with E-state index in [2.05, 4.69) is 31.3 Å². The Morgan fingerprint density at radius 3 is 2.91 bits per heavy atom. The number of carbonyl (C=O) groups excluding carboxylic acids is 1. The summed E-state index contributed by atoms with van der Waals surface area (Å²) in [4.78, 5) is 24.9. The summed E-state index contributed by atoms with van der Waals surface area (Å²) >= 11 is 0. The summed E-state index contributed by atoms with van der Waals surface area (Å²) in [6.07, 6.45) is 9.08. The van der Waals surface area contributed by atoms with Crippen molar-refractivity contribution in [1.29, 1.82) is 0 Å². The standard InChI is InChI=1S/C21H30N7O5P/c1-5-13-9-15(10-32-34(4,30)27-12(3)20(29)31-6-2)33-19(13)28-11-23-16-17(24-14-7-8-14)25-21(22)26-18(16)28/h1,11-15,19H,6-10H2,2-4H3,(H,27,30)(H3,22,24,25,26)/t12-,13+,15+,19-,34?/m1/s1. The second-order valence-electron chi connectivity index (χ2n) is 8.58. The molecule has 2 aromatic heterocycles. The molecular formula is C21H30N7O5P. The minimum absolute atomic E-state index is 0.0310. The van der Waals surface area contributed by atoms with Gasteiger partial charge in [-0.05, 0) is 33.1 Å². The number of fused-ring (bicyclic) bond motifs is 1. The molecular weight excluding hydrogens is 461 g/mol. The number of anilines is 2. The Morgan fingerprint density at radius 1 is 1.47 bits per heavy atom. The van der Waals surface area contributed by atoms with Crippen LogP contribution in [-0.2, 0) is 23.4 Å². The number of ether oxygens (including phenoxy) is 2. The van der Waals surface area contributed by atoms with Crippen LogP contribution in [0.25, 0.3) is 11.2 Å². The molecule has 0 aromatic carbocycles. The van der Waals surface area contributed by atoms with Gasteiger partial charge in [0, 0.05) is 12.7 Å². The van der Waals surface area contributed by atoms with E-state index in [4.69, 9.17) is 26.2 Å². The molecule has 13 heteroatoms. The number of nitrogens with two attached hydrogens (primary N) is 1. The molecule has 184 valence electrons. The Labute approximate surface area is 197 Å². The Hall–Kier alpha value is -2.71. The van der Waals surface area contributed by atoms with Crippen molar-refractivity contribution in [3.8, 4) is 12.3 Å². The molecule has 12 nitrogen and oxygen atoms in total. The zero-order chi connectivity index (χ0) is 24.5. The second-order valence-corrected chi connectivity index (χ2v) is 10.8. The van der Waals surface area contributed by atoms with E-state index in [1.807, 2.05) is 0 Å². The third-order valence-corrected chi connectivity index (χ3v) is 7.11. The first-order valence-electron chi connectivity index (χ1n) is 11.3. The van der Waals surface area contributed by atoms with E-state index in [0.717, 1.165) is 12.8 Å². The molecule has 34 heavy (non-hydrogen) atoms. The molecule has 1 saturated carbocycles. The third kappa shape index (κ3) is 5.50. The van der Waals surface area contributed by atoms with E-state index in [1.165, 1.54) is 6.66 Å². The lowest BCUT2D eigenvalue weighted by Gasteiger charge is -2.21. The molecule has 2 aromatic rings. The van der Waals surface area contributed by atoms with Crippen LogP contribution in [0.15, 0.2) is 6.33 Å². The quantitative estimate of drug-likeness (QED) is 0.253. The molecule has 0 bridgehead atoms. The Morgan fingerprint density at radius 2 is 2.24 bits per heavy atom. The van der Waals surface area contributed by atoms with Gasteiger partial charge in [-0.25, -0.2) is 10.1 Å². The van der Waals surface area contributed by atoms with Crippen molar-refractivity contribution in [3.63, 3.8) is 0 Å². The number of terminal acetylenes is 1. The molecule has 0 radical (unpaired) electrons. The highest BCUT2D eigenvalue weighted by atomic mass is 31.2. The maximum Gasteiger partial charge on any atom is 0.323 e. The highest BCUT2D eigenvalue weighted by Gasteiger charge is 2.38. The number of rotatable bonds is 10. The number of hydrogen-bond donors (Lipinski definition) is 3. The average Bonchev–Trinajstić information content (AvgIpc) is 3.34. The predicted octanol–water partition coefficient (Wildman–Crippen LogP) is 1.90. The van der Waals surface area contributed by atoms with Gasteiger partial charge in [-0.15, -0.1) is 6.42 Å². The van der Waals surface area contributed by atoms with Crippen LogP contribution >= 0.6 is 7.52 Å². The fourth-order valence-corrected chi connectivity index (χ4v) is 5.17. The lowest BCUT2D eigenvalue weighted by atomic mass is 10.0. The van der Waals surface area contributed by atoms with Crippen LogP contribution < -0.4 is 16.1 Å². The van der Waals surface area contributed by atoms with Crippen molar-refractivity contribution in [2.75, 3.05) is 30.9 Å². The molecule has 4 rings (SSSR count). The van der Waals surface area contributed by atoms with Gasteiger partial charge in [-0.2, -0.15) is 9.97 Å². The van der Waals surface area contributed by atoms with Crippen LogP contribution in [0.1, 0.15) is 39.3 Å². The van der Waals surface area contributed by atoms with Crippen LogP contribution in [0.4, 0.5) is 11.8 Å². The van der Waals surface area contributed by atoms with E-state index in [0.29, 0.717) is 29.4 Å². The zero-order valence-electron chi connectivity index (χ0n) is 19.4. The van der Waals surface area contributed by atoms with Crippen molar-refractivity contribution in [2.24, 2.45) is 5.92 Å². The predicted molar refractivity (Wildman–Crippen MR) is 126 cm³/mol. The van der Waals surface area contributed by atoms with E-state index >= 15 is 0 Å². The molecule has 0 amide bonds. The van der Waals surface area contributed by atoms with E-state index < -0.39 is 31.9 Å². The third-order valence-electron chi connectivity index (χ3n) is 5.61. The van der Waals surface area contributed by atoms with E-state index in [9.17, 15) is 9.36 Å². The largest absolute Gasteiger partial charge is 0.465 e. The number of carbonyl (C=O) groups is 1. The number of esters is 1. The fourth-order valence-electron chi connectivity index (χ4n) is 3.84. The van der Waals surface area contributed by atoms with Gasteiger partial charge < -0.3 is 25.0 Å². The first kappa shape index (κ1) is 24.4. The first-order valence-corrected chi connectivity index (χ1v) is 13.3. The highest BCUT2D eigenvalue weighted by molar-refractivity contribution is 7.56. The first-order chi connectivity index (χ1) is 16.2. The van der Waals surface area contributed by atoms with Crippen molar-refractivity contribution < 1.29 is 23.4 Å². The van der Waals surface area contributed by atoms with E-state index in [1.54, 1.807) is 24.7 Å². The lowest BCUT2D eigenvalue weighted by molar-refractivity contribution is -0.144. The Bertz CT molecular complexity index is 1140. The second kappa shape index (κ2) is 9.88.